The Kier molecular flexibility index (Phi) is 5.82. The number of piperidine rings is 1. The Hall–Kier alpha value is -2.58. The van der Waals surface area contributed by atoms with Gasteiger partial charge in [0, 0.05) is 55.2 Å². The van der Waals surface area contributed by atoms with Gasteiger partial charge in [-0.2, -0.15) is 0 Å². The van der Waals surface area contributed by atoms with Crippen molar-refractivity contribution in [2.75, 3.05) is 37.2 Å². The molecule has 0 aliphatic carbocycles. The van der Waals surface area contributed by atoms with E-state index in [1.54, 1.807) is 6.07 Å². The van der Waals surface area contributed by atoms with Gasteiger partial charge in [-0.3, -0.25) is 14.4 Å². The van der Waals surface area contributed by atoms with Crippen molar-refractivity contribution < 1.29 is 17.9 Å². The van der Waals surface area contributed by atoms with Crippen LogP contribution in [0.3, 0.4) is 0 Å². The molecule has 176 valence electrons. The highest BCUT2D eigenvalue weighted by molar-refractivity contribution is 7.92. The number of nitrogens with zero attached hydrogens (tertiary/aromatic N) is 2. The minimum Gasteiger partial charge on any atom is -0.487 e. The first kappa shape index (κ1) is 22.2. The maximum atomic E-state index is 12.9. The Balaban J connectivity index is 1.38. The van der Waals surface area contributed by atoms with Gasteiger partial charge in [-0.1, -0.05) is 18.2 Å². The summed E-state index contributed by atoms with van der Waals surface area (Å²) in [5, 5.41) is 0. The van der Waals surface area contributed by atoms with Crippen LogP contribution >= 0.6 is 0 Å². The van der Waals surface area contributed by atoms with Crippen molar-refractivity contribution >= 4 is 21.6 Å². The lowest BCUT2D eigenvalue weighted by atomic mass is 9.80. The Labute approximate surface area is 195 Å². The zero-order valence-corrected chi connectivity index (χ0v) is 19.8. The van der Waals surface area contributed by atoms with E-state index in [-0.39, 0.29) is 17.6 Å². The van der Waals surface area contributed by atoms with E-state index in [9.17, 15) is 13.2 Å². The molecule has 0 aromatic heterocycles. The highest BCUT2D eigenvalue weighted by Crippen LogP contribution is 2.48. The standard InChI is InChI=1S/C25H31N3O4S/c1-33(30,31)26-20-9-10-23-21(17-20)22(27-13-5-6-14-27)18-25(32-23)11-15-28(16-12-25)24(29)19-7-3-2-4-8-19/h2-4,7-10,17,22,26H,5-6,11-16,18H2,1H3. The summed E-state index contributed by atoms with van der Waals surface area (Å²) in [6.07, 6.45) is 5.97. The molecule has 1 spiro atoms. The highest BCUT2D eigenvalue weighted by atomic mass is 32.2. The number of ether oxygens (including phenoxy) is 1. The van der Waals surface area contributed by atoms with Gasteiger partial charge in [-0.05, 0) is 56.3 Å². The molecule has 1 unspecified atom stereocenters. The number of sulfonamides is 1. The first-order valence-corrected chi connectivity index (χ1v) is 13.6. The molecule has 3 aliphatic rings. The van der Waals surface area contributed by atoms with E-state index in [1.807, 2.05) is 47.4 Å². The third-order valence-electron chi connectivity index (χ3n) is 7.13. The van der Waals surface area contributed by atoms with E-state index in [2.05, 4.69) is 9.62 Å². The van der Waals surface area contributed by atoms with E-state index in [1.165, 1.54) is 19.1 Å². The number of benzene rings is 2. The normalized spacial score (nSPS) is 22.6. The van der Waals surface area contributed by atoms with Crippen LogP contribution in [0.15, 0.2) is 48.5 Å². The molecule has 3 aliphatic heterocycles. The molecule has 2 saturated heterocycles. The predicted molar refractivity (Wildman–Crippen MR) is 128 cm³/mol. The maximum absolute atomic E-state index is 12.9. The maximum Gasteiger partial charge on any atom is 0.253 e. The molecule has 2 aromatic carbocycles. The van der Waals surface area contributed by atoms with Crippen LogP contribution < -0.4 is 9.46 Å². The Bertz CT molecular complexity index is 1120. The molecular formula is C25H31N3O4S. The van der Waals surface area contributed by atoms with Crippen molar-refractivity contribution in [1.82, 2.24) is 9.80 Å². The number of anilines is 1. The Morgan fingerprint density at radius 2 is 1.73 bits per heavy atom. The summed E-state index contributed by atoms with van der Waals surface area (Å²) in [5.41, 5.74) is 2.05. The molecule has 3 heterocycles. The lowest BCUT2D eigenvalue weighted by molar-refractivity contribution is -0.0354. The third kappa shape index (κ3) is 4.73. The second-order valence-electron chi connectivity index (χ2n) is 9.53. The second kappa shape index (κ2) is 8.65. The summed E-state index contributed by atoms with van der Waals surface area (Å²) in [6.45, 7) is 3.43. The summed E-state index contributed by atoms with van der Waals surface area (Å²) >= 11 is 0. The number of carbonyl (C=O) groups excluding carboxylic acids is 1. The predicted octanol–water partition coefficient (Wildman–Crippen LogP) is 3.65. The fourth-order valence-corrected chi connectivity index (χ4v) is 6.04. The lowest BCUT2D eigenvalue weighted by Gasteiger charge is -2.48. The monoisotopic (exact) mass is 469 g/mol. The van der Waals surface area contributed by atoms with Crippen molar-refractivity contribution in [3.05, 3.63) is 59.7 Å². The average Bonchev–Trinajstić information content (AvgIpc) is 3.33. The molecule has 0 bridgehead atoms. The van der Waals surface area contributed by atoms with Gasteiger partial charge in [0.2, 0.25) is 10.0 Å². The zero-order chi connectivity index (χ0) is 23.1. The van der Waals surface area contributed by atoms with Gasteiger partial charge < -0.3 is 9.64 Å². The van der Waals surface area contributed by atoms with Crippen molar-refractivity contribution in [1.29, 1.82) is 0 Å². The van der Waals surface area contributed by atoms with E-state index in [4.69, 9.17) is 4.74 Å². The average molecular weight is 470 g/mol. The Morgan fingerprint density at radius 1 is 1.03 bits per heavy atom. The molecule has 0 saturated carbocycles. The van der Waals surface area contributed by atoms with Crippen LogP contribution in [0.1, 0.15) is 54.1 Å². The molecule has 33 heavy (non-hydrogen) atoms. The van der Waals surface area contributed by atoms with Crippen LogP contribution in [0.5, 0.6) is 5.75 Å². The number of rotatable bonds is 4. The van der Waals surface area contributed by atoms with Crippen LogP contribution in [0.25, 0.3) is 0 Å². The number of fused-ring (bicyclic) bond motifs is 1. The van der Waals surface area contributed by atoms with Crippen molar-refractivity contribution in [3.8, 4) is 5.75 Å². The molecule has 1 amide bonds. The van der Waals surface area contributed by atoms with Crippen LogP contribution in [0, 0.1) is 0 Å². The number of likely N-dealkylation sites (tertiary alicyclic amines) is 2. The summed E-state index contributed by atoms with van der Waals surface area (Å²) in [6, 6.07) is 15.2. The Morgan fingerprint density at radius 3 is 2.39 bits per heavy atom. The van der Waals surface area contributed by atoms with Crippen molar-refractivity contribution in [2.45, 2.75) is 43.7 Å². The first-order chi connectivity index (χ1) is 15.8. The molecule has 2 aromatic rings. The molecule has 7 nitrogen and oxygen atoms in total. The largest absolute Gasteiger partial charge is 0.487 e. The summed E-state index contributed by atoms with van der Waals surface area (Å²) < 4.78 is 32.7. The van der Waals surface area contributed by atoms with E-state index in [0.29, 0.717) is 18.8 Å². The van der Waals surface area contributed by atoms with Gasteiger partial charge in [0.1, 0.15) is 11.4 Å². The third-order valence-corrected chi connectivity index (χ3v) is 7.73. The number of hydrogen-bond acceptors (Lipinski definition) is 5. The van der Waals surface area contributed by atoms with Gasteiger partial charge in [0.25, 0.3) is 5.91 Å². The molecule has 2 fully saturated rings. The van der Waals surface area contributed by atoms with E-state index < -0.39 is 10.0 Å². The van der Waals surface area contributed by atoms with Gasteiger partial charge in [-0.15, -0.1) is 0 Å². The van der Waals surface area contributed by atoms with E-state index >= 15 is 0 Å². The topological polar surface area (TPSA) is 79.0 Å². The summed E-state index contributed by atoms with van der Waals surface area (Å²) in [4.78, 5) is 17.4. The van der Waals surface area contributed by atoms with Gasteiger partial charge in [0.05, 0.1) is 6.26 Å². The number of nitrogens with one attached hydrogen (secondary N) is 1. The van der Waals surface area contributed by atoms with Crippen molar-refractivity contribution in [2.24, 2.45) is 0 Å². The van der Waals surface area contributed by atoms with Crippen molar-refractivity contribution in [3.63, 3.8) is 0 Å². The fourth-order valence-electron chi connectivity index (χ4n) is 5.48. The van der Waals surface area contributed by atoms with Crippen LogP contribution in [0.4, 0.5) is 5.69 Å². The van der Waals surface area contributed by atoms with Gasteiger partial charge in [-0.25, -0.2) is 8.42 Å². The lowest BCUT2D eigenvalue weighted by Crippen LogP contribution is -2.53. The van der Waals surface area contributed by atoms with Gasteiger partial charge >= 0.3 is 0 Å². The van der Waals surface area contributed by atoms with Crippen LogP contribution in [0.2, 0.25) is 0 Å². The van der Waals surface area contributed by atoms with Gasteiger partial charge in [0.15, 0.2) is 0 Å². The first-order valence-electron chi connectivity index (χ1n) is 11.7. The molecular weight excluding hydrogens is 438 g/mol. The zero-order valence-electron chi connectivity index (χ0n) is 19.0. The highest BCUT2D eigenvalue weighted by Gasteiger charge is 2.46. The molecule has 1 N–H and O–H groups in total. The number of amides is 1. The molecule has 0 radical (unpaired) electrons. The summed E-state index contributed by atoms with van der Waals surface area (Å²) in [7, 11) is -3.35. The van der Waals surface area contributed by atoms with Crippen LogP contribution in [-0.2, 0) is 10.0 Å². The summed E-state index contributed by atoms with van der Waals surface area (Å²) in [5.74, 6) is 0.911. The van der Waals surface area contributed by atoms with Crippen LogP contribution in [-0.4, -0.2) is 62.2 Å². The minimum atomic E-state index is -3.35. The second-order valence-corrected chi connectivity index (χ2v) is 11.3. The SMILES string of the molecule is CS(=O)(=O)Nc1ccc2c(c1)C(N1CCCC1)CC1(CCN(C(=O)c3ccccc3)CC1)O2. The minimum absolute atomic E-state index is 0.0780. The fraction of sp³-hybridized carbons (Fsp3) is 0.480. The number of carbonyl (C=O) groups is 1. The number of hydrogen-bond donors (Lipinski definition) is 1. The molecule has 8 heteroatoms. The molecule has 1 atom stereocenters. The quantitative estimate of drug-likeness (QED) is 0.740. The van der Waals surface area contributed by atoms with E-state index in [0.717, 1.165) is 49.2 Å². The molecule has 5 rings (SSSR count). The smallest absolute Gasteiger partial charge is 0.253 e.